The number of nitrogens with one attached hydrogen (secondary N) is 1. The molecular formula is C12H17BrCl2F2N2O. The third-order valence-electron chi connectivity index (χ3n) is 3.10. The Hall–Kier alpha value is -0.140. The molecule has 0 aliphatic carbocycles. The highest BCUT2D eigenvalue weighted by atomic mass is 79.9. The third-order valence-corrected chi connectivity index (χ3v) is 3.73. The standard InChI is InChI=1S/C12H15BrF2N2O.2ClH/c13-9-7-8(1-2-10(9)18)11(12(14)15)17-5-3-16-4-6-17;;/h1-2,7,11-12,16,18H,3-6H2;2*1H/t11-;;/m1../s1. The maximum atomic E-state index is 13.3. The van der Waals surface area contributed by atoms with Crippen molar-refractivity contribution < 1.29 is 13.9 Å². The van der Waals surface area contributed by atoms with Crippen LogP contribution < -0.4 is 5.32 Å². The average Bonchev–Trinajstić information content (AvgIpc) is 2.35. The average molecular weight is 394 g/mol. The first kappa shape index (κ1) is 19.9. The number of halogens is 5. The van der Waals surface area contributed by atoms with E-state index in [-0.39, 0.29) is 30.6 Å². The van der Waals surface area contributed by atoms with Gasteiger partial charge in [-0.2, -0.15) is 0 Å². The Morgan fingerprint density at radius 1 is 1.20 bits per heavy atom. The quantitative estimate of drug-likeness (QED) is 0.827. The minimum absolute atomic E-state index is 0. The van der Waals surface area contributed by atoms with E-state index < -0.39 is 12.5 Å². The summed E-state index contributed by atoms with van der Waals surface area (Å²) in [6.07, 6.45) is -2.44. The van der Waals surface area contributed by atoms with Gasteiger partial charge in [0.15, 0.2) is 0 Å². The van der Waals surface area contributed by atoms with Gasteiger partial charge >= 0.3 is 0 Å². The molecule has 0 spiro atoms. The van der Waals surface area contributed by atoms with Crippen LogP contribution in [0.15, 0.2) is 22.7 Å². The maximum absolute atomic E-state index is 13.3. The molecule has 0 unspecified atom stereocenters. The summed E-state index contributed by atoms with van der Waals surface area (Å²) < 4.78 is 27.0. The zero-order valence-electron chi connectivity index (χ0n) is 10.6. The second-order valence-corrected chi connectivity index (χ2v) is 5.13. The summed E-state index contributed by atoms with van der Waals surface area (Å²) in [7, 11) is 0. The fourth-order valence-electron chi connectivity index (χ4n) is 2.18. The lowest BCUT2D eigenvalue weighted by molar-refractivity contribution is 0.0181. The van der Waals surface area contributed by atoms with Crippen LogP contribution in [-0.2, 0) is 0 Å². The van der Waals surface area contributed by atoms with E-state index in [2.05, 4.69) is 21.2 Å². The molecule has 116 valence electrons. The molecule has 0 bridgehead atoms. The largest absolute Gasteiger partial charge is 0.507 e. The van der Waals surface area contributed by atoms with E-state index in [1.165, 1.54) is 6.07 Å². The zero-order chi connectivity index (χ0) is 13.1. The van der Waals surface area contributed by atoms with E-state index in [1.54, 1.807) is 17.0 Å². The summed E-state index contributed by atoms with van der Waals surface area (Å²) in [5.41, 5.74) is 0.525. The van der Waals surface area contributed by atoms with Crippen molar-refractivity contribution in [1.82, 2.24) is 10.2 Å². The summed E-state index contributed by atoms with van der Waals surface area (Å²) in [6.45, 7) is 2.66. The van der Waals surface area contributed by atoms with Crippen molar-refractivity contribution >= 4 is 40.7 Å². The van der Waals surface area contributed by atoms with Crippen molar-refractivity contribution in [2.45, 2.75) is 12.5 Å². The molecule has 1 fully saturated rings. The number of nitrogens with zero attached hydrogens (tertiary/aromatic N) is 1. The highest BCUT2D eigenvalue weighted by Gasteiger charge is 2.30. The van der Waals surface area contributed by atoms with Gasteiger partial charge in [0, 0.05) is 26.2 Å². The lowest BCUT2D eigenvalue weighted by Gasteiger charge is -2.34. The van der Waals surface area contributed by atoms with Crippen molar-refractivity contribution in [3.05, 3.63) is 28.2 Å². The van der Waals surface area contributed by atoms with Crippen LogP contribution in [-0.4, -0.2) is 42.6 Å². The molecule has 0 saturated carbocycles. The van der Waals surface area contributed by atoms with E-state index in [4.69, 9.17) is 0 Å². The summed E-state index contributed by atoms with van der Waals surface area (Å²) in [4.78, 5) is 1.78. The Bertz CT molecular complexity index is 420. The second-order valence-electron chi connectivity index (χ2n) is 4.28. The first-order valence-electron chi connectivity index (χ1n) is 5.81. The lowest BCUT2D eigenvalue weighted by Crippen LogP contribution is -2.46. The van der Waals surface area contributed by atoms with Gasteiger partial charge in [0.05, 0.1) is 10.5 Å². The number of hydrogen-bond acceptors (Lipinski definition) is 3. The molecule has 0 radical (unpaired) electrons. The molecule has 3 nitrogen and oxygen atoms in total. The fourth-order valence-corrected chi connectivity index (χ4v) is 2.58. The molecule has 1 aliphatic rings. The molecule has 1 aliphatic heterocycles. The first-order chi connectivity index (χ1) is 8.59. The Morgan fingerprint density at radius 3 is 2.30 bits per heavy atom. The third kappa shape index (κ3) is 4.70. The molecule has 20 heavy (non-hydrogen) atoms. The van der Waals surface area contributed by atoms with Crippen LogP contribution in [0.1, 0.15) is 11.6 Å². The minimum Gasteiger partial charge on any atom is -0.507 e. The van der Waals surface area contributed by atoms with Crippen molar-refractivity contribution in [3.63, 3.8) is 0 Å². The van der Waals surface area contributed by atoms with E-state index in [9.17, 15) is 13.9 Å². The number of phenolic OH excluding ortho intramolecular Hbond substituents is 1. The smallest absolute Gasteiger partial charge is 0.258 e. The van der Waals surface area contributed by atoms with Crippen molar-refractivity contribution in [3.8, 4) is 5.75 Å². The van der Waals surface area contributed by atoms with Crippen molar-refractivity contribution in [2.24, 2.45) is 0 Å². The Balaban J connectivity index is 0.00000180. The summed E-state index contributed by atoms with van der Waals surface area (Å²) in [6, 6.07) is 3.65. The number of phenols is 1. The van der Waals surface area contributed by atoms with Crippen LogP contribution in [0.25, 0.3) is 0 Å². The first-order valence-corrected chi connectivity index (χ1v) is 6.60. The molecule has 1 atom stereocenters. The summed E-state index contributed by atoms with van der Waals surface area (Å²) in [5.74, 6) is 0.0621. The van der Waals surface area contributed by atoms with Gasteiger partial charge in [0.1, 0.15) is 5.75 Å². The molecule has 1 aromatic rings. The number of rotatable bonds is 3. The van der Waals surface area contributed by atoms with Crippen LogP contribution in [0, 0.1) is 0 Å². The topological polar surface area (TPSA) is 35.5 Å². The Kier molecular flexibility index (Phi) is 8.93. The molecule has 2 N–H and O–H groups in total. The van der Waals surface area contributed by atoms with Gasteiger partial charge in [-0.15, -0.1) is 24.8 Å². The highest BCUT2D eigenvalue weighted by molar-refractivity contribution is 9.10. The lowest BCUT2D eigenvalue weighted by atomic mass is 10.0. The molecule has 0 aromatic heterocycles. The van der Waals surface area contributed by atoms with Crippen LogP contribution in [0.3, 0.4) is 0 Å². The Labute approximate surface area is 137 Å². The van der Waals surface area contributed by atoms with E-state index in [0.29, 0.717) is 23.1 Å². The zero-order valence-corrected chi connectivity index (χ0v) is 13.8. The van der Waals surface area contributed by atoms with Gasteiger partial charge in [-0.3, -0.25) is 4.90 Å². The van der Waals surface area contributed by atoms with Crippen molar-refractivity contribution in [2.75, 3.05) is 26.2 Å². The van der Waals surface area contributed by atoms with Crippen molar-refractivity contribution in [1.29, 1.82) is 0 Å². The normalized spacial score (nSPS) is 17.2. The number of alkyl halides is 2. The summed E-state index contributed by atoms with van der Waals surface area (Å²) in [5, 5.41) is 12.6. The Morgan fingerprint density at radius 2 is 1.80 bits per heavy atom. The molecular weight excluding hydrogens is 377 g/mol. The molecule has 1 aromatic carbocycles. The van der Waals surface area contributed by atoms with E-state index in [1.807, 2.05) is 0 Å². The molecule has 8 heteroatoms. The molecule has 0 amide bonds. The van der Waals surface area contributed by atoms with Crippen LogP contribution in [0.5, 0.6) is 5.75 Å². The SMILES string of the molecule is Cl.Cl.Oc1ccc([C@H](C(F)F)N2CCNCC2)cc1Br. The van der Waals surface area contributed by atoms with Gasteiger partial charge in [-0.25, -0.2) is 8.78 Å². The predicted octanol–water partition coefficient (Wildman–Crippen LogP) is 3.21. The number of benzene rings is 1. The molecule has 1 heterocycles. The second kappa shape index (κ2) is 9.00. The predicted molar refractivity (Wildman–Crippen MR) is 83.5 cm³/mol. The maximum Gasteiger partial charge on any atom is 0.258 e. The number of aromatic hydroxyl groups is 1. The fraction of sp³-hybridized carbons (Fsp3) is 0.500. The monoisotopic (exact) mass is 392 g/mol. The van der Waals surface area contributed by atoms with Crippen LogP contribution >= 0.6 is 40.7 Å². The minimum atomic E-state index is -2.44. The van der Waals surface area contributed by atoms with Gasteiger partial charge in [-0.05, 0) is 33.6 Å². The van der Waals surface area contributed by atoms with Gasteiger partial charge in [-0.1, -0.05) is 6.07 Å². The highest BCUT2D eigenvalue weighted by Crippen LogP contribution is 2.32. The number of hydrogen-bond donors (Lipinski definition) is 2. The molecule has 2 rings (SSSR count). The summed E-state index contributed by atoms with van der Waals surface area (Å²) >= 11 is 3.16. The van der Waals surface area contributed by atoms with Crippen LogP contribution in [0.2, 0.25) is 0 Å². The number of piperazine rings is 1. The van der Waals surface area contributed by atoms with Gasteiger partial charge in [0.25, 0.3) is 6.43 Å². The van der Waals surface area contributed by atoms with Gasteiger partial charge < -0.3 is 10.4 Å². The van der Waals surface area contributed by atoms with Crippen LogP contribution in [0.4, 0.5) is 8.78 Å². The van der Waals surface area contributed by atoms with Gasteiger partial charge in [0.2, 0.25) is 0 Å². The van der Waals surface area contributed by atoms with E-state index >= 15 is 0 Å². The molecule has 1 saturated heterocycles. The van der Waals surface area contributed by atoms with E-state index in [0.717, 1.165) is 13.1 Å².